The summed E-state index contributed by atoms with van der Waals surface area (Å²) in [6.45, 7) is 0. The number of hydrogen-bond donors (Lipinski definition) is 4. The summed E-state index contributed by atoms with van der Waals surface area (Å²) in [4.78, 5) is 13.8. The molecular formula is C8H13N5O3S. The molecule has 1 heterocycles. The first-order chi connectivity index (χ1) is 7.99. The molecule has 0 saturated heterocycles. The van der Waals surface area contributed by atoms with Gasteiger partial charge in [-0.3, -0.25) is 15.5 Å². The molecule has 94 valence electrons. The van der Waals surface area contributed by atoms with E-state index in [2.05, 4.69) is 17.6 Å². The van der Waals surface area contributed by atoms with Crippen LogP contribution in [0.5, 0.6) is 0 Å². The molecule has 0 aromatic carbocycles. The van der Waals surface area contributed by atoms with Crippen molar-refractivity contribution in [1.29, 1.82) is 5.41 Å². The van der Waals surface area contributed by atoms with Crippen molar-refractivity contribution >= 4 is 24.3 Å². The zero-order valence-electron chi connectivity index (χ0n) is 8.96. The van der Waals surface area contributed by atoms with Gasteiger partial charge in [0.25, 0.3) is 0 Å². The lowest BCUT2D eigenvalue weighted by Gasteiger charge is -2.06. The maximum atomic E-state index is 10.8. The fourth-order valence-corrected chi connectivity index (χ4v) is 1.58. The number of aromatic nitrogens is 2. The molecule has 0 unspecified atom stereocenters. The molecule has 1 aromatic heterocycles. The largest absolute Gasteiger partial charge is 0.423 e. The molecule has 0 spiro atoms. The number of rotatable bonds is 5. The lowest BCUT2D eigenvalue weighted by Crippen LogP contribution is -2.26. The lowest BCUT2D eigenvalue weighted by atomic mass is 10.2. The molecule has 1 rings (SSSR count). The van der Waals surface area contributed by atoms with Crippen molar-refractivity contribution in [2.24, 2.45) is 0 Å². The van der Waals surface area contributed by atoms with Crippen LogP contribution >= 0.6 is 12.6 Å². The highest BCUT2D eigenvalue weighted by molar-refractivity contribution is 7.80. The third-order valence-electron chi connectivity index (χ3n) is 2.18. The Labute approximate surface area is 102 Å². The summed E-state index contributed by atoms with van der Waals surface area (Å²) >= 11 is 4.03. The summed E-state index contributed by atoms with van der Waals surface area (Å²) < 4.78 is 0.195. The van der Waals surface area contributed by atoms with Gasteiger partial charge in [-0.1, -0.05) is 0 Å². The van der Waals surface area contributed by atoms with E-state index in [0.717, 1.165) is 6.42 Å². The molecule has 0 radical (unpaired) electrons. The molecule has 0 aliphatic rings. The van der Waals surface area contributed by atoms with Crippen LogP contribution in [-0.2, 0) is 6.42 Å². The van der Waals surface area contributed by atoms with E-state index in [0.29, 0.717) is 18.6 Å². The number of nitrogens with one attached hydrogen (secondary N) is 1. The molecular weight excluding hydrogens is 246 g/mol. The molecule has 8 nitrogen and oxygen atoms in total. The van der Waals surface area contributed by atoms with E-state index in [9.17, 15) is 15.3 Å². The van der Waals surface area contributed by atoms with Gasteiger partial charge in [0.2, 0.25) is 11.4 Å². The number of nitro groups is 1. The number of unbranched alkanes of at least 4 members (excludes halogenated alkanes) is 1. The Morgan fingerprint density at radius 1 is 1.59 bits per heavy atom. The summed E-state index contributed by atoms with van der Waals surface area (Å²) in [5.41, 5.74) is 4.28. The molecule has 0 saturated carbocycles. The minimum absolute atomic E-state index is 0.115. The number of anilines is 1. The van der Waals surface area contributed by atoms with Gasteiger partial charge in [-0.15, -0.1) is 4.73 Å². The molecule has 0 aliphatic heterocycles. The second-order valence-corrected chi connectivity index (χ2v) is 3.81. The van der Waals surface area contributed by atoms with Crippen LogP contribution in [0.4, 0.5) is 11.6 Å². The van der Waals surface area contributed by atoms with Gasteiger partial charge < -0.3 is 10.9 Å². The second kappa shape index (κ2) is 5.53. The van der Waals surface area contributed by atoms with E-state index >= 15 is 0 Å². The third kappa shape index (κ3) is 2.87. The van der Waals surface area contributed by atoms with Crippen molar-refractivity contribution in [3.63, 3.8) is 0 Å². The van der Waals surface area contributed by atoms with E-state index in [4.69, 9.17) is 11.1 Å². The standard InChI is InChI=1S/C8H13N5O3S/c9-7-6(13(15)16)5(3-1-2-4-17)11-8(10)12(7)14/h9,14,17H,1-4H2,(H2,10,11). The van der Waals surface area contributed by atoms with Gasteiger partial charge in [-0.05, 0) is 25.0 Å². The van der Waals surface area contributed by atoms with Gasteiger partial charge in [0.15, 0.2) is 0 Å². The maximum absolute atomic E-state index is 10.8. The van der Waals surface area contributed by atoms with Crippen LogP contribution in [0, 0.1) is 15.5 Å². The Bertz CT molecular complexity index is 487. The van der Waals surface area contributed by atoms with Crippen molar-refractivity contribution in [3.05, 3.63) is 21.3 Å². The number of nitrogens with zero attached hydrogens (tertiary/aromatic N) is 3. The van der Waals surface area contributed by atoms with Crippen LogP contribution in [-0.4, -0.2) is 25.6 Å². The number of nitrogens with two attached hydrogens (primary N) is 1. The maximum Gasteiger partial charge on any atom is 0.335 e. The van der Waals surface area contributed by atoms with Gasteiger partial charge in [-0.25, -0.2) is 4.98 Å². The Hall–Kier alpha value is -1.77. The van der Waals surface area contributed by atoms with Crippen molar-refractivity contribution < 1.29 is 10.1 Å². The molecule has 0 amide bonds. The normalized spacial score (nSPS) is 10.4. The number of nitrogen functional groups attached to an aromatic ring is 1. The van der Waals surface area contributed by atoms with Crippen molar-refractivity contribution in [1.82, 2.24) is 9.71 Å². The molecule has 0 bridgehead atoms. The highest BCUT2D eigenvalue weighted by atomic mass is 32.1. The first-order valence-electron chi connectivity index (χ1n) is 4.89. The minimum Gasteiger partial charge on any atom is -0.423 e. The predicted molar refractivity (Wildman–Crippen MR) is 63.1 cm³/mol. The van der Waals surface area contributed by atoms with Gasteiger partial charge >= 0.3 is 5.69 Å². The van der Waals surface area contributed by atoms with Crippen LogP contribution in [0.1, 0.15) is 18.5 Å². The second-order valence-electron chi connectivity index (χ2n) is 3.36. The average Bonchev–Trinajstić information content (AvgIpc) is 2.26. The highest BCUT2D eigenvalue weighted by Crippen LogP contribution is 2.14. The van der Waals surface area contributed by atoms with Gasteiger partial charge in [-0.2, -0.15) is 12.6 Å². The third-order valence-corrected chi connectivity index (χ3v) is 2.50. The van der Waals surface area contributed by atoms with E-state index < -0.39 is 16.1 Å². The van der Waals surface area contributed by atoms with Crippen LogP contribution in [0.25, 0.3) is 0 Å². The summed E-state index contributed by atoms with van der Waals surface area (Å²) in [5, 5.41) is 27.5. The summed E-state index contributed by atoms with van der Waals surface area (Å²) in [6, 6.07) is 0. The van der Waals surface area contributed by atoms with Crippen LogP contribution in [0.2, 0.25) is 0 Å². The molecule has 0 fully saturated rings. The number of hydrogen-bond acceptors (Lipinski definition) is 7. The van der Waals surface area contributed by atoms with E-state index in [-0.39, 0.29) is 16.4 Å². The first kappa shape index (κ1) is 13.3. The quantitative estimate of drug-likeness (QED) is 0.199. The van der Waals surface area contributed by atoms with Gasteiger partial charge in [0, 0.05) is 0 Å². The Kier molecular flexibility index (Phi) is 4.32. The van der Waals surface area contributed by atoms with Gasteiger partial charge in [0.1, 0.15) is 5.69 Å². The minimum atomic E-state index is -0.739. The molecule has 17 heavy (non-hydrogen) atoms. The zero-order chi connectivity index (χ0) is 13.0. The van der Waals surface area contributed by atoms with E-state index in [1.165, 1.54) is 0 Å². The van der Waals surface area contributed by atoms with Crippen molar-refractivity contribution in [2.45, 2.75) is 19.3 Å². The highest BCUT2D eigenvalue weighted by Gasteiger charge is 2.21. The smallest absolute Gasteiger partial charge is 0.335 e. The SMILES string of the molecule is N=c1c([N+](=O)[O-])c(CCCCS)nc(N)n1O. The fourth-order valence-electron chi connectivity index (χ4n) is 1.36. The number of thiol groups is 1. The predicted octanol–water partition coefficient (Wildman–Crippen LogP) is 0.343. The van der Waals surface area contributed by atoms with Crippen LogP contribution in [0.15, 0.2) is 0 Å². The van der Waals surface area contributed by atoms with Crippen LogP contribution < -0.4 is 11.2 Å². The summed E-state index contributed by atoms with van der Waals surface area (Å²) in [7, 11) is 0. The van der Waals surface area contributed by atoms with E-state index in [1.807, 2.05) is 0 Å². The molecule has 0 atom stereocenters. The lowest BCUT2D eigenvalue weighted by molar-refractivity contribution is -0.388. The topological polar surface area (TPSA) is 131 Å². The molecule has 9 heteroatoms. The monoisotopic (exact) mass is 259 g/mol. The Morgan fingerprint density at radius 3 is 2.76 bits per heavy atom. The average molecular weight is 259 g/mol. The zero-order valence-corrected chi connectivity index (χ0v) is 9.85. The van der Waals surface area contributed by atoms with Gasteiger partial charge in [0.05, 0.1) is 4.92 Å². The Morgan fingerprint density at radius 2 is 2.24 bits per heavy atom. The van der Waals surface area contributed by atoms with Crippen molar-refractivity contribution in [3.8, 4) is 0 Å². The Balaban J connectivity index is 3.19. The fraction of sp³-hybridized carbons (Fsp3) is 0.500. The molecule has 0 aliphatic carbocycles. The van der Waals surface area contributed by atoms with Crippen molar-refractivity contribution in [2.75, 3.05) is 11.5 Å². The van der Waals surface area contributed by atoms with Crippen LogP contribution in [0.3, 0.4) is 0 Å². The molecule has 4 N–H and O–H groups in total. The molecule has 1 aromatic rings. The van der Waals surface area contributed by atoms with E-state index in [1.54, 1.807) is 0 Å². The number of aryl methyl sites for hydroxylation is 1. The summed E-state index contributed by atoms with van der Waals surface area (Å²) in [5.74, 6) is 0.339. The first-order valence-corrected chi connectivity index (χ1v) is 5.52. The summed E-state index contributed by atoms with van der Waals surface area (Å²) in [6.07, 6.45) is 1.77.